The van der Waals surface area contributed by atoms with E-state index in [1.54, 1.807) is 0 Å². The molecule has 7 rings (SSSR count). The van der Waals surface area contributed by atoms with E-state index < -0.39 is 0 Å². The van der Waals surface area contributed by atoms with Gasteiger partial charge >= 0.3 is 0 Å². The number of hydrogen-bond donors (Lipinski definition) is 0. The standard InChI is InChI=1S/C22H12N4/c1-3-7-17-13(5-1)15-9-11-23-21-19(15)25(17)22-20-16(10-12-24-22)14-6-2-4-8-18(14)26(20)21/h1-12H. The van der Waals surface area contributed by atoms with Gasteiger partial charge in [-0.05, 0) is 24.3 Å². The molecular formula is C22H12N4. The average Bonchev–Trinajstić information content (AvgIpc) is 3.22. The summed E-state index contributed by atoms with van der Waals surface area (Å²) in [5.74, 6) is 0. The van der Waals surface area contributed by atoms with E-state index in [2.05, 4.69) is 69.5 Å². The summed E-state index contributed by atoms with van der Waals surface area (Å²) in [4.78, 5) is 9.59. The van der Waals surface area contributed by atoms with Gasteiger partial charge in [0, 0.05) is 33.9 Å². The Morgan fingerprint density at radius 1 is 0.500 bits per heavy atom. The van der Waals surface area contributed by atoms with E-state index in [1.165, 1.54) is 32.6 Å². The molecule has 2 aromatic carbocycles. The quantitative estimate of drug-likeness (QED) is 0.365. The van der Waals surface area contributed by atoms with E-state index in [4.69, 9.17) is 9.97 Å². The lowest BCUT2D eigenvalue weighted by atomic mass is 10.2. The molecule has 0 amide bonds. The molecule has 0 spiro atoms. The monoisotopic (exact) mass is 332 g/mol. The van der Waals surface area contributed by atoms with Crippen molar-refractivity contribution in [3.63, 3.8) is 0 Å². The van der Waals surface area contributed by atoms with Crippen LogP contribution >= 0.6 is 0 Å². The highest BCUT2D eigenvalue weighted by Gasteiger charge is 2.21. The lowest BCUT2D eigenvalue weighted by Gasteiger charge is -2.09. The van der Waals surface area contributed by atoms with Crippen LogP contribution in [0.4, 0.5) is 0 Å². The Hall–Kier alpha value is -3.66. The topological polar surface area (TPSA) is 34.6 Å². The van der Waals surface area contributed by atoms with E-state index in [-0.39, 0.29) is 0 Å². The lowest BCUT2D eigenvalue weighted by molar-refractivity contribution is 1.16. The molecule has 26 heavy (non-hydrogen) atoms. The normalized spacial score (nSPS) is 12.6. The molecule has 0 fully saturated rings. The number of rotatable bonds is 0. The van der Waals surface area contributed by atoms with Crippen LogP contribution in [0.3, 0.4) is 0 Å². The number of para-hydroxylation sites is 2. The zero-order valence-corrected chi connectivity index (χ0v) is 13.7. The second-order valence-electron chi connectivity index (χ2n) is 6.77. The number of nitrogens with zero attached hydrogens (tertiary/aromatic N) is 4. The van der Waals surface area contributed by atoms with Crippen molar-refractivity contribution in [3.8, 4) is 0 Å². The lowest BCUT2D eigenvalue weighted by Crippen LogP contribution is -2.00. The first-order valence-corrected chi connectivity index (χ1v) is 8.70. The van der Waals surface area contributed by atoms with Gasteiger partial charge in [0.25, 0.3) is 0 Å². The molecule has 0 N–H and O–H groups in total. The van der Waals surface area contributed by atoms with E-state index >= 15 is 0 Å². The smallest absolute Gasteiger partial charge is 0.162 e. The predicted octanol–water partition coefficient (Wildman–Crippen LogP) is 5.03. The van der Waals surface area contributed by atoms with Gasteiger partial charge in [0.1, 0.15) is 0 Å². The molecule has 0 aliphatic rings. The molecule has 5 aromatic heterocycles. The van der Waals surface area contributed by atoms with Crippen LogP contribution in [0.15, 0.2) is 73.1 Å². The van der Waals surface area contributed by atoms with Crippen LogP contribution in [0.25, 0.3) is 54.9 Å². The van der Waals surface area contributed by atoms with Gasteiger partial charge in [-0.1, -0.05) is 36.4 Å². The molecule has 4 nitrogen and oxygen atoms in total. The van der Waals surface area contributed by atoms with Crippen LogP contribution in [0, 0.1) is 0 Å². The van der Waals surface area contributed by atoms with Crippen LogP contribution < -0.4 is 0 Å². The van der Waals surface area contributed by atoms with Crippen molar-refractivity contribution in [1.29, 1.82) is 0 Å². The van der Waals surface area contributed by atoms with Crippen molar-refractivity contribution >= 4 is 54.9 Å². The molecule has 0 unspecified atom stereocenters. The molecule has 0 atom stereocenters. The Balaban J connectivity index is 2.02. The second-order valence-corrected chi connectivity index (χ2v) is 6.77. The SMILES string of the molecule is c1ccc2c(c1)c1ccnc3c1n2c1nccc2c4ccccc4n3c21. The van der Waals surface area contributed by atoms with E-state index in [9.17, 15) is 0 Å². The third-order valence-electron chi connectivity index (χ3n) is 5.55. The van der Waals surface area contributed by atoms with E-state index in [0.717, 1.165) is 22.3 Å². The molecule has 5 heterocycles. The third kappa shape index (κ3) is 1.24. The molecular weight excluding hydrogens is 320 g/mol. The molecule has 0 radical (unpaired) electrons. The van der Waals surface area contributed by atoms with Crippen LogP contribution in [-0.2, 0) is 0 Å². The van der Waals surface area contributed by atoms with Gasteiger partial charge in [-0.3, -0.25) is 8.80 Å². The summed E-state index contributed by atoms with van der Waals surface area (Å²) < 4.78 is 4.54. The first-order chi connectivity index (χ1) is 12.9. The minimum absolute atomic E-state index is 0.977. The van der Waals surface area contributed by atoms with Crippen molar-refractivity contribution < 1.29 is 0 Å². The maximum atomic E-state index is 4.79. The van der Waals surface area contributed by atoms with Gasteiger partial charge in [0.05, 0.1) is 22.1 Å². The largest absolute Gasteiger partial charge is 0.288 e. The Morgan fingerprint density at radius 2 is 0.962 bits per heavy atom. The molecule has 0 saturated carbocycles. The van der Waals surface area contributed by atoms with Gasteiger partial charge < -0.3 is 0 Å². The predicted molar refractivity (Wildman–Crippen MR) is 105 cm³/mol. The van der Waals surface area contributed by atoms with Crippen molar-refractivity contribution in [2.24, 2.45) is 0 Å². The Kier molecular flexibility index (Phi) is 2.00. The van der Waals surface area contributed by atoms with Gasteiger partial charge in [-0.2, -0.15) is 0 Å². The maximum absolute atomic E-state index is 4.79. The minimum atomic E-state index is 0.977. The molecule has 0 aliphatic heterocycles. The fourth-order valence-corrected chi connectivity index (χ4v) is 4.56. The first-order valence-electron chi connectivity index (χ1n) is 8.70. The van der Waals surface area contributed by atoms with Gasteiger partial charge in [-0.25, -0.2) is 9.97 Å². The first kappa shape index (κ1) is 12.7. The van der Waals surface area contributed by atoms with Crippen molar-refractivity contribution in [2.45, 2.75) is 0 Å². The fourth-order valence-electron chi connectivity index (χ4n) is 4.56. The number of benzene rings is 2. The highest BCUT2D eigenvalue weighted by atomic mass is 15.1. The van der Waals surface area contributed by atoms with Crippen LogP contribution in [0.5, 0.6) is 0 Å². The van der Waals surface area contributed by atoms with E-state index in [1.807, 2.05) is 12.4 Å². The summed E-state index contributed by atoms with van der Waals surface area (Å²) in [7, 11) is 0. The number of pyridine rings is 2. The number of aromatic nitrogens is 4. The molecule has 0 bridgehead atoms. The van der Waals surface area contributed by atoms with Crippen molar-refractivity contribution in [1.82, 2.24) is 18.8 Å². The second kappa shape index (κ2) is 4.11. The molecule has 0 saturated heterocycles. The summed E-state index contributed by atoms with van der Waals surface area (Å²) in [5.41, 5.74) is 6.56. The van der Waals surface area contributed by atoms with Gasteiger partial charge in [-0.15, -0.1) is 0 Å². The van der Waals surface area contributed by atoms with E-state index in [0.29, 0.717) is 0 Å². The molecule has 0 aliphatic carbocycles. The zero-order chi connectivity index (χ0) is 16.8. The Bertz CT molecular complexity index is 1510. The Morgan fingerprint density at radius 3 is 1.46 bits per heavy atom. The molecule has 7 aromatic rings. The van der Waals surface area contributed by atoms with Crippen LogP contribution in [0.2, 0.25) is 0 Å². The van der Waals surface area contributed by atoms with Crippen molar-refractivity contribution in [3.05, 3.63) is 73.1 Å². The maximum Gasteiger partial charge on any atom is 0.162 e. The van der Waals surface area contributed by atoms with Gasteiger partial charge in [0.2, 0.25) is 0 Å². The summed E-state index contributed by atoms with van der Waals surface area (Å²) in [6, 6.07) is 21.2. The number of fused-ring (bicyclic) bond motifs is 8. The third-order valence-corrected chi connectivity index (χ3v) is 5.55. The fraction of sp³-hybridized carbons (Fsp3) is 0. The summed E-state index contributed by atoms with van der Waals surface area (Å²) in [6.45, 7) is 0. The summed E-state index contributed by atoms with van der Waals surface area (Å²) in [5, 5.41) is 4.90. The zero-order valence-electron chi connectivity index (χ0n) is 13.7. The van der Waals surface area contributed by atoms with Crippen molar-refractivity contribution in [2.75, 3.05) is 0 Å². The minimum Gasteiger partial charge on any atom is -0.288 e. The van der Waals surface area contributed by atoms with Crippen LogP contribution in [0.1, 0.15) is 0 Å². The average molecular weight is 332 g/mol. The highest BCUT2D eigenvalue weighted by molar-refractivity contribution is 6.20. The van der Waals surface area contributed by atoms with Gasteiger partial charge in [0.15, 0.2) is 11.3 Å². The number of hydrogen-bond acceptors (Lipinski definition) is 2. The summed E-state index contributed by atoms with van der Waals surface area (Å²) >= 11 is 0. The molecule has 4 heteroatoms. The highest BCUT2D eigenvalue weighted by Crippen LogP contribution is 2.38. The summed E-state index contributed by atoms with van der Waals surface area (Å²) in [6.07, 6.45) is 3.83. The molecule has 120 valence electrons. The Labute approximate surface area is 147 Å². The van der Waals surface area contributed by atoms with Crippen LogP contribution in [-0.4, -0.2) is 18.8 Å².